The fraction of sp³-hybridized carbons (Fsp3) is 0.615. The molecule has 4 aliphatic rings. The zero-order valence-electron chi connectivity index (χ0n) is 9.56. The minimum Gasteiger partial charge on any atom is -0.448 e. The summed E-state index contributed by atoms with van der Waals surface area (Å²) in [5.41, 5.74) is 0.145. The Morgan fingerprint density at radius 1 is 1.53 bits per heavy atom. The van der Waals surface area contributed by atoms with Crippen LogP contribution in [0, 0.1) is 0 Å². The molecular weight excluding hydrogens is 218 g/mol. The summed E-state index contributed by atoms with van der Waals surface area (Å²) in [5.74, 6) is -0.300. The Hall–Kier alpha value is -1.13. The van der Waals surface area contributed by atoms with Crippen LogP contribution < -0.4 is 4.90 Å². The van der Waals surface area contributed by atoms with E-state index in [2.05, 4.69) is 6.08 Å². The number of rotatable bonds is 0. The first-order chi connectivity index (χ1) is 8.21. The molecule has 5 atom stereocenters. The number of ether oxygens (including phenoxy) is 1. The van der Waals surface area contributed by atoms with Crippen molar-refractivity contribution in [2.45, 2.75) is 43.1 Å². The van der Waals surface area contributed by atoms with E-state index in [4.69, 9.17) is 4.74 Å². The molecular formula is C13H16NO3+. The predicted molar refractivity (Wildman–Crippen MR) is 59.3 cm³/mol. The maximum Gasteiger partial charge on any atom is 0.332 e. The Labute approximate surface area is 99.5 Å². The van der Waals surface area contributed by atoms with Gasteiger partial charge in [-0.2, -0.15) is 0 Å². The van der Waals surface area contributed by atoms with E-state index < -0.39 is 11.7 Å². The molecule has 2 bridgehead atoms. The first-order valence-corrected chi connectivity index (χ1v) is 6.38. The molecule has 4 heteroatoms. The second-order valence-corrected chi connectivity index (χ2v) is 5.60. The van der Waals surface area contributed by atoms with Crippen molar-refractivity contribution < 1.29 is 19.5 Å². The van der Waals surface area contributed by atoms with Crippen LogP contribution >= 0.6 is 0 Å². The number of quaternary nitrogens is 1. The Morgan fingerprint density at radius 3 is 3.29 bits per heavy atom. The number of carbonyl (C=O) groups excluding carboxylic acids is 1. The van der Waals surface area contributed by atoms with Crippen LogP contribution in [-0.4, -0.2) is 41.4 Å². The molecule has 17 heavy (non-hydrogen) atoms. The van der Waals surface area contributed by atoms with Gasteiger partial charge in [0.05, 0.1) is 13.0 Å². The summed E-state index contributed by atoms with van der Waals surface area (Å²) in [6.45, 7) is 1.12. The third-order valence-corrected chi connectivity index (χ3v) is 4.87. The number of esters is 1. The maximum absolute atomic E-state index is 11.5. The first-order valence-electron chi connectivity index (χ1n) is 6.38. The average molecular weight is 234 g/mol. The van der Waals surface area contributed by atoms with Crippen LogP contribution in [0.4, 0.5) is 0 Å². The highest BCUT2D eigenvalue weighted by Crippen LogP contribution is 2.43. The molecule has 0 aromatic heterocycles. The SMILES string of the molecule is O=C1C=C2C=C[C@@H]3C[C@@]2(O1)[C@@H](O)[C@H]1CCC[NH+]31. The molecule has 4 nitrogen and oxygen atoms in total. The number of piperidine rings is 1. The van der Waals surface area contributed by atoms with Crippen molar-refractivity contribution in [1.82, 2.24) is 0 Å². The van der Waals surface area contributed by atoms with Gasteiger partial charge in [-0.15, -0.1) is 0 Å². The lowest BCUT2D eigenvalue weighted by Gasteiger charge is -2.48. The number of nitrogens with one attached hydrogen (secondary N) is 1. The highest BCUT2D eigenvalue weighted by molar-refractivity contribution is 5.88. The summed E-state index contributed by atoms with van der Waals surface area (Å²) in [5, 5.41) is 10.6. The van der Waals surface area contributed by atoms with Crippen LogP contribution in [0.2, 0.25) is 0 Å². The van der Waals surface area contributed by atoms with E-state index >= 15 is 0 Å². The summed E-state index contributed by atoms with van der Waals surface area (Å²) in [7, 11) is 0. The van der Waals surface area contributed by atoms with E-state index in [1.807, 2.05) is 6.08 Å². The number of fused-ring (bicyclic) bond motifs is 3. The third-order valence-electron chi connectivity index (χ3n) is 4.87. The lowest BCUT2D eigenvalue weighted by Crippen LogP contribution is -3.20. The molecule has 2 saturated heterocycles. The number of hydrogen-bond acceptors (Lipinski definition) is 3. The van der Waals surface area contributed by atoms with E-state index in [0.717, 1.165) is 31.4 Å². The van der Waals surface area contributed by atoms with Crippen LogP contribution in [-0.2, 0) is 9.53 Å². The molecule has 0 aromatic carbocycles. The quantitative estimate of drug-likeness (QED) is 0.526. The molecule has 3 heterocycles. The molecule has 0 amide bonds. The van der Waals surface area contributed by atoms with Crippen LogP contribution in [0.3, 0.4) is 0 Å². The number of carbonyl (C=O) groups is 1. The average Bonchev–Trinajstić information content (AvgIpc) is 2.88. The van der Waals surface area contributed by atoms with Crippen molar-refractivity contribution in [2.75, 3.05) is 6.54 Å². The van der Waals surface area contributed by atoms with Gasteiger partial charge in [0.25, 0.3) is 0 Å². The van der Waals surface area contributed by atoms with Crippen LogP contribution in [0.15, 0.2) is 23.8 Å². The standard InChI is InChI=1S/C13H15NO3/c15-11-6-8-3-4-9-7-13(8,17-11)12(16)10-2-1-5-14(9)10/h3-4,6,9-10,12,16H,1-2,5,7H2/p+1/t9-,10-,12+,13+/m1/s1. The Morgan fingerprint density at radius 2 is 2.41 bits per heavy atom. The predicted octanol–water partition coefficient (Wildman–Crippen LogP) is -1.04. The van der Waals surface area contributed by atoms with Gasteiger partial charge in [0, 0.05) is 24.5 Å². The first kappa shape index (κ1) is 9.85. The second kappa shape index (κ2) is 3.00. The molecule has 3 aliphatic heterocycles. The summed E-state index contributed by atoms with van der Waals surface area (Å²) >= 11 is 0. The lowest BCUT2D eigenvalue weighted by molar-refractivity contribution is -0.942. The number of hydrogen-bond donors (Lipinski definition) is 2. The fourth-order valence-electron chi connectivity index (χ4n) is 4.13. The molecule has 0 saturated carbocycles. The van der Waals surface area contributed by atoms with Gasteiger partial charge in [0.15, 0.2) is 5.60 Å². The van der Waals surface area contributed by atoms with E-state index in [9.17, 15) is 9.90 Å². The molecule has 0 radical (unpaired) electrons. The maximum atomic E-state index is 11.5. The van der Waals surface area contributed by atoms with E-state index in [1.54, 1.807) is 0 Å². The van der Waals surface area contributed by atoms with Gasteiger partial charge in [-0.3, -0.25) is 0 Å². The van der Waals surface area contributed by atoms with E-state index in [-0.39, 0.29) is 12.0 Å². The largest absolute Gasteiger partial charge is 0.448 e. The summed E-state index contributed by atoms with van der Waals surface area (Å²) < 4.78 is 5.50. The van der Waals surface area contributed by atoms with Gasteiger partial charge in [0.1, 0.15) is 18.2 Å². The van der Waals surface area contributed by atoms with Crippen LogP contribution in [0.1, 0.15) is 19.3 Å². The molecule has 1 unspecified atom stereocenters. The molecule has 1 aliphatic carbocycles. The summed E-state index contributed by atoms with van der Waals surface area (Å²) in [6, 6.07) is 0.627. The van der Waals surface area contributed by atoms with Crippen LogP contribution in [0.25, 0.3) is 0 Å². The van der Waals surface area contributed by atoms with Crippen LogP contribution in [0.5, 0.6) is 0 Å². The van der Waals surface area contributed by atoms with Crippen molar-refractivity contribution in [3.05, 3.63) is 23.8 Å². The monoisotopic (exact) mass is 234 g/mol. The fourth-order valence-corrected chi connectivity index (χ4v) is 4.13. The van der Waals surface area contributed by atoms with E-state index in [0.29, 0.717) is 6.04 Å². The Balaban J connectivity index is 1.84. The Bertz CT molecular complexity index is 456. The topological polar surface area (TPSA) is 51.0 Å². The van der Waals surface area contributed by atoms with Gasteiger partial charge in [-0.1, -0.05) is 6.08 Å². The molecule has 2 fully saturated rings. The number of aliphatic hydroxyl groups excluding tert-OH is 1. The minimum absolute atomic E-state index is 0.230. The molecule has 4 rings (SSSR count). The van der Waals surface area contributed by atoms with Gasteiger partial charge >= 0.3 is 5.97 Å². The van der Waals surface area contributed by atoms with Gasteiger partial charge in [0.2, 0.25) is 0 Å². The molecule has 90 valence electrons. The second-order valence-electron chi connectivity index (χ2n) is 5.60. The lowest BCUT2D eigenvalue weighted by atomic mass is 9.72. The highest BCUT2D eigenvalue weighted by atomic mass is 16.6. The zero-order valence-corrected chi connectivity index (χ0v) is 9.56. The van der Waals surface area contributed by atoms with Crippen molar-refractivity contribution in [3.8, 4) is 0 Å². The van der Waals surface area contributed by atoms with Crippen molar-refractivity contribution in [3.63, 3.8) is 0 Å². The van der Waals surface area contributed by atoms with Crippen molar-refractivity contribution >= 4 is 5.97 Å². The summed E-state index contributed by atoms with van der Waals surface area (Å²) in [4.78, 5) is 13.0. The van der Waals surface area contributed by atoms with Gasteiger partial charge in [-0.05, 0) is 6.08 Å². The minimum atomic E-state index is -0.727. The van der Waals surface area contributed by atoms with E-state index in [1.165, 1.54) is 11.0 Å². The highest BCUT2D eigenvalue weighted by Gasteiger charge is 2.62. The summed E-state index contributed by atoms with van der Waals surface area (Å²) in [6.07, 6.45) is 8.09. The van der Waals surface area contributed by atoms with Crippen molar-refractivity contribution in [2.24, 2.45) is 0 Å². The Kier molecular flexibility index (Phi) is 1.74. The molecule has 1 spiro atoms. The van der Waals surface area contributed by atoms with Gasteiger partial charge < -0.3 is 14.7 Å². The van der Waals surface area contributed by atoms with Gasteiger partial charge in [-0.25, -0.2) is 4.79 Å². The molecule has 0 aromatic rings. The van der Waals surface area contributed by atoms with Crippen molar-refractivity contribution in [1.29, 1.82) is 0 Å². The number of aliphatic hydroxyl groups is 1. The molecule has 2 N–H and O–H groups in total. The normalized spacial score (nSPS) is 50.6. The third kappa shape index (κ3) is 1.07. The smallest absolute Gasteiger partial charge is 0.332 e. The zero-order chi connectivity index (χ0) is 11.6.